The smallest absolute Gasteiger partial charge is 0.161 e. The van der Waals surface area contributed by atoms with Crippen molar-refractivity contribution in [3.8, 4) is 11.4 Å². The number of anilines is 1. The summed E-state index contributed by atoms with van der Waals surface area (Å²) in [6.45, 7) is 6.14. The van der Waals surface area contributed by atoms with Crippen molar-refractivity contribution in [3.05, 3.63) is 36.3 Å². The Kier molecular flexibility index (Phi) is 3.87. The van der Waals surface area contributed by atoms with E-state index < -0.39 is 0 Å². The normalized spacial score (nSPS) is 15.9. The first-order valence-electron chi connectivity index (χ1n) is 7.05. The van der Waals surface area contributed by atoms with Crippen LogP contribution < -0.4 is 10.2 Å². The zero-order valence-electron chi connectivity index (χ0n) is 11.7. The highest BCUT2D eigenvalue weighted by Crippen LogP contribution is 2.20. The molecule has 2 aromatic rings. The maximum Gasteiger partial charge on any atom is 0.161 e. The van der Waals surface area contributed by atoms with E-state index in [9.17, 15) is 0 Å². The number of rotatable bonds is 2. The van der Waals surface area contributed by atoms with Gasteiger partial charge in [0.1, 0.15) is 5.82 Å². The summed E-state index contributed by atoms with van der Waals surface area (Å²) in [7, 11) is 0. The molecule has 20 heavy (non-hydrogen) atoms. The van der Waals surface area contributed by atoms with Crippen molar-refractivity contribution in [2.24, 2.45) is 0 Å². The molecule has 1 N–H and O–H groups in total. The zero-order valence-corrected chi connectivity index (χ0v) is 11.7. The number of pyridine rings is 1. The molecule has 3 rings (SSSR count). The lowest BCUT2D eigenvalue weighted by Crippen LogP contribution is -2.28. The molecule has 0 aliphatic carbocycles. The number of hydrogen-bond donors (Lipinski definition) is 1. The Hall–Kier alpha value is -2.01. The van der Waals surface area contributed by atoms with Gasteiger partial charge in [-0.1, -0.05) is 0 Å². The molecule has 0 atom stereocenters. The van der Waals surface area contributed by atoms with Crippen LogP contribution in [0.4, 0.5) is 5.82 Å². The number of hydrogen-bond acceptors (Lipinski definition) is 5. The summed E-state index contributed by atoms with van der Waals surface area (Å²) < 4.78 is 0. The van der Waals surface area contributed by atoms with Crippen molar-refractivity contribution in [2.45, 2.75) is 13.3 Å². The fourth-order valence-electron chi connectivity index (χ4n) is 2.42. The summed E-state index contributed by atoms with van der Waals surface area (Å²) in [5.41, 5.74) is 2.01. The van der Waals surface area contributed by atoms with Gasteiger partial charge in [0.05, 0.1) is 0 Å². The van der Waals surface area contributed by atoms with Gasteiger partial charge in [0.2, 0.25) is 0 Å². The summed E-state index contributed by atoms with van der Waals surface area (Å²) in [5, 5.41) is 3.41. The Balaban J connectivity index is 1.94. The van der Waals surface area contributed by atoms with Gasteiger partial charge >= 0.3 is 0 Å². The SMILES string of the molecule is Cc1cc(N2CCCNCC2)nc(-c2ccncc2)n1. The van der Waals surface area contributed by atoms with Gasteiger partial charge in [-0.05, 0) is 32.0 Å². The van der Waals surface area contributed by atoms with Crippen LogP contribution in [0.25, 0.3) is 11.4 Å². The second-order valence-corrected chi connectivity index (χ2v) is 5.02. The molecule has 5 nitrogen and oxygen atoms in total. The highest BCUT2D eigenvalue weighted by molar-refractivity contribution is 5.57. The molecule has 0 amide bonds. The molecule has 0 unspecified atom stereocenters. The lowest BCUT2D eigenvalue weighted by molar-refractivity contribution is 0.724. The van der Waals surface area contributed by atoms with Gasteiger partial charge in [-0.3, -0.25) is 4.98 Å². The van der Waals surface area contributed by atoms with Crippen LogP contribution in [0.2, 0.25) is 0 Å². The molecule has 1 fully saturated rings. The number of aromatic nitrogens is 3. The fourth-order valence-corrected chi connectivity index (χ4v) is 2.42. The third-order valence-electron chi connectivity index (χ3n) is 3.44. The summed E-state index contributed by atoms with van der Waals surface area (Å²) in [4.78, 5) is 15.6. The van der Waals surface area contributed by atoms with Gasteiger partial charge in [-0.2, -0.15) is 0 Å². The Morgan fingerprint density at radius 2 is 1.95 bits per heavy atom. The summed E-state index contributed by atoms with van der Waals surface area (Å²) in [6.07, 6.45) is 4.70. The Morgan fingerprint density at radius 3 is 2.80 bits per heavy atom. The minimum absolute atomic E-state index is 0.777. The van der Waals surface area contributed by atoms with E-state index in [1.165, 1.54) is 0 Å². The summed E-state index contributed by atoms with van der Waals surface area (Å²) in [5.74, 6) is 1.80. The number of aryl methyl sites for hydroxylation is 1. The monoisotopic (exact) mass is 269 g/mol. The largest absolute Gasteiger partial charge is 0.355 e. The Bertz CT molecular complexity index is 562. The predicted octanol–water partition coefficient (Wildman–Crippen LogP) is 1.65. The van der Waals surface area contributed by atoms with Crippen molar-refractivity contribution in [1.29, 1.82) is 0 Å². The highest BCUT2D eigenvalue weighted by Gasteiger charge is 2.13. The third-order valence-corrected chi connectivity index (χ3v) is 3.44. The van der Waals surface area contributed by atoms with Crippen molar-refractivity contribution >= 4 is 5.82 Å². The molecular formula is C15H19N5. The van der Waals surface area contributed by atoms with Crippen LogP contribution in [0.3, 0.4) is 0 Å². The average Bonchev–Trinajstić information content (AvgIpc) is 2.77. The number of nitrogens with one attached hydrogen (secondary N) is 1. The Morgan fingerprint density at radius 1 is 1.10 bits per heavy atom. The highest BCUT2D eigenvalue weighted by atomic mass is 15.2. The van der Waals surface area contributed by atoms with Crippen LogP contribution in [-0.2, 0) is 0 Å². The summed E-state index contributed by atoms with van der Waals surface area (Å²) in [6, 6.07) is 5.96. The molecule has 0 spiro atoms. The first-order chi connectivity index (χ1) is 9.83. The quantitative estimate of drug-likeness (QED) is 0.898. The van der Waals surface area contributed by atoms with Gasteiger partial charge < -0.3 is 10.2 Å². The van der Waals surface area contributed by atoms with Gasteiger partial charge in [-0.15, -0.1) is 0 Å². The molecule has 0 radical (unpaired) electrons. The summed E-state index contributed by atoms with van der Waals surface area (Å²) >= 11 is 0. The van der Waals surface area contributed by atoms with Gasteiger partial charge in [-0.25, -0.2) is 9.97 Å². The van der Waals surface area contributed by atoms with Crippen molar-refractivity contribution in [2.75, 3.05) is 31.1 Å². The minimum atomic E-state index is 0.777. The van der Waals surface area contributed by atoms with Gasteiger partial charge in [0, 0.05) is 49.4 Å². The second kappa shape index (κ2) is 5.96. The van der Waals surface area contributed by atoms with E-state index in [0.29, 0.717) is 0 Å². The molecule has 0 aromatic carbocycles. The predicted molar refractivity (Wildman–Crippen MR) is 79.7 cm³/mol. The van der Waals surface area contributed by atoms with E-state index in [0.717, 1.165) is 55.5 Å². The van der Waals surface area contributed by atoms with E-state index in [4.69, 9.17) is 4.98 Å². The van der Waals surface area contributed by atoms with Crippen LogP contribution in [0.15, 0.2) is 30.6 Å². The topological polar surface area (TPSA) is 53.9 Å². The molecule has 0 bridgehead atoms. The molecule has 5 heteroatoms. The molecule has 1 saturated heterocycles. The molecule has 1 aliphatic rings. The van der Waals surface area contributed by atoms with Crippen molar-refractivity contribution in [3.63, 3.8) is 0 Å². The van der Waals surface area contributed by atoms with E-state index in [1.54, 1.807) is 12.4 Å². The maximum absolute atomic E-state index is 4.73. The fraction of sp³-hybridized carbons (Fsp3) is 0.400. The van der Waals surface area contributed by atoms with E-state index in [2.05, 4.69) is 26.3 Å². The van der Waals surface area contributed by atoms with Crippen LogP contribution in [-0.4, -0.2) is 41.1 Å². The lowest BCUT2D eigenvalue weighted by Gasteiger charge is -2.21. The first-order valence-corrected chi connectivity index (χ1v) is 7.05. The van der Waals surface area contributed by atoms with E-state index >= 15 is 0 Å². The molecule has 3 heterocycles. The van der Waals surface area contributed by atoms with Crippen molar-refractivity contribution in [1.82, 2.24) is 20.3 Å². The first kappa shape index (κ1) is 13.0. The van der Waals surface area contributed by atoms with Crippen LogP contribution in [0.1, 0.15) is 12.1 Å². The molecular weight excluding hydrogens is 250 g/mol. The molecule has 1 aliphatic heterocycles. The maximum atomic E-state index is 4.73. The Labute approximate surface area is 119 Å². The van der Waals surface area contributed by atoms with Gasteiger partial charge in [0.25, 0.3) is 0 Å². The van der Waals surface area contributed by atoms with Crippen LogP contribution >= 0.6 is 0 Å². The third kappa shape index (κ3) is 2.93. The molecule has 0 saturated carbocycles. The van der Waals surface area contributed by atoms with E-state index in [-0.39, 0.29) is 0 Å². The molecule has 104 valence electrons. The van der Waals surface area contributed by atoms with Crippen molar-refractivity contribution < 1.29 is 0 Å². The van der Waals surface area contributed by atoms with Crippen LogP contribution in [0.5, 0.6) is 0 Å². The average molecular weight is 269 g/mol. The second-order valence-electron chi connectivity index (χ2n) is 5.02. The van der Waals surface area contributed by atoms with Crippen LogP contribution in [0, 0.1) is 6.92 Å². The molecule has 2 aromatic heterocycles. The lowest BCUT2D eigenvalue weighted by atomic mass is 10.2. The number of nitrogens with zero attached hydrogens (tertiary/aromatic N) is 4. The zero-order chi connectivity index (χ0) is 13.8. The standard InChI is InChI=1S/C15H19N5/c1-12-11-14(20-9-2-5-16-8-10-20)19-15(18-12)13-3-6-17-7-4-13/h3-4,6-7,11,16H,2,5,8-10H2,1H3. The van der Waals surface area contributed by atoms with Gasteiger partial charge in [0.15, 0.2) is 5.82 Å². The minimum Gasteiger partial charge on any atom is -0.355 e. The van der Waals surface area contributed by atoms with E-state index in [1.807, 2.05) is 19.1 Å².